The van der Waals surface area contributed by atoms with Crippen molar-refractivity contribution in [2.75, 3.05) is 0 Å². The average molecular weight is 899 g/mol. The van der Waals surface area contributed by atoms with Gasteiger partial charge in [0.1, 0.15) is 11.2 Å². The molecule has 0 atom stereocenters. The molecule has 0 unspecified atom stereocenters. The Morgan fingerprint density at radius 3 is 1.30 bits per heavy atom. The van der Waals surface area contributed by atoms with Gasteiger partial charge in [-0.3, -0.25) is 0 Å². The van der Waals surface area contributed by atoms with Crippen molar-refractivity contribution < 1.29 is 4.42 Å². The Morgan fingerprint density at radius 1 is 0.290 bits per heavy atom. The summed E-state index contributed by atoms with van der Waals surface area (Å²) in [7, 11) is -2.84. The Labute approximate surface area is 400 Å². The Morgan fingerprint density at radius 2 is 0.725 bits per heavy atom. The maximum absolute atomic E-state index is 6.26. The largest absolute Gasteiger partial charge is 0.456 e. The van der Waals surface area contributed by atoms with Gasteiger partial charge < -0.3 is 8.98 Å². The molecule has 10 aromatic carbocycles. The van der Waals surface area contributed by atoms with Crippen LogP contribution in [0.15, 0.2) is 259 Å². The normalized spacial score (nSPS) is 11.8. The van der Waals surface area contributed by atoms with Gasteiger partial charge in [-0.25, -0.2) is 15.0 Å². The molecule has 0 saturated heterocycles. The van der Waals surface area contributed by atoms with E-state index in [4.69, 9.17) is 19.4 Å². The van der Waals surface area contributed by atoms with Crippen LogP contribution in [0, 0.1) is 0 Å². The monoisotopic (exact) mass is 898 g/mol. The Balaban J connectivity index is 0.958. The predicted octanol–water partition coefficient (Wildman–Crippen LogP) is 12.9. The Bertz CT molecular complexity index is 3850. The zero-order chi connectivity index (χ0) is 45.7. The quantitative estimate of drug-likeness (QED) is 0.107. The number of nitrogens with zero attached hydrogens (tertiary/aromatic N) is 4. The lowest BCUT2D eigenvalue weighted by atomic mass is 10.0. The molecule has 3 aromatic heterocycles. The number of furan rings is 1. The lowest BCUT2D eigenvalue weighted by Crippen LogP contribution is -2.74. The summed E-state index contributed by atoms with van der Waals surface area (Å²) in [6.07, 6.45) is 0. The van der Waals surface area contributed by atoms with E-state index in [9.17, 15) is 0 Å². The summed E-state index contributed by atoms with van der Waals surface area (Å²) < 4.78 is 8.60. The first kappa shape index (κ1) is 40.3. The smallest absolute Gasteiger partial charge is 0.179 e. The van der Waals surface area contributed by atoms with Crippen molar-refractivity contribution >= 4 is 72.6 Å². The molecule has 324 valence electrons. The van der Waals surface area contributed by atoms with Crippen LogP contribution in [0.4, 0.5) is 0 Å². The highest BCUT2D eigenvalue weighted by atomic mass is 28.3. The highest BCUT2D eigenvalue weighted by Crippen LogP contribution is 2.35. The summed E-state index contributed by atoms with van der Waals surface area (Å²) in [4.78, 5) is 15.9. The number of para-hydroxylation sites is 3. The number of fused-ring (bicyclic) bond motifs is 6. The topological polar surface area (TPSA) is 56.7 Å². The molecule has 13 aromatic rings. The molecule has 0 aliphatic heterocycles. The van der Waals surface area contributed by atoms with E-state index in [0.717, 1.165) is 66.5 Å². The third-order valence-corrected chi connectivity index (χ3v) is 18.4. The maximum Gasteiger partial charge on any atom is 0.179 e. The van der Waals surface area contributed by atoms with Crippen LogP contribution in [-0.2, 0) is 0 Å². The van der Waals surface area contributed by atoms with Gasteiger partial charge in [-0.05, 0) is 86.5 Å². The fourth-order valence-corrected chi connectivity index (χ4v) is 15.2. The molecule has 0 amide bonds. The average Bonchev–Trinajstić information content (AvgIpc) is 3.98. The molecule has 0 saturated carbocycles. The molecule has 0 aliphatic carbocycles. The lowest BCUT2D eigenvalue weighted by molar-refractivity contribution is 0.669. The summed E-state index contributed by atoms with van der Waals surface area (Å²) >= 11 is 0. The van der Waals surface area contributed by atoms with E-state index in [1.807, 2.05) is 12.1 Å². The minimum Gasteiger partial charge on any atom is -0.456 e. The fourth-order valence-electron chi connectivity index (χ4n) is 10.4. The minimum absolute atomic E-state index is 0.601. The molecule has 69 heavy (non-hydrogen) atoms. The number of rotatable bonds is 9. The van der Waals surface area contributed by atoms with Crippen molar-refractivity contribution in [1.29, 1.82) is 0 Å². The lowest BCUT2D eigenvalue weighted by Gasteiger charge is -2.34. The highest BCUT2D eigenvalue weighted by Gasteiger charge is 2.41. The number of benzene rings is 10. The molecule has 0 radical (unpaired) electrons. The fraction of sp³-hybridized carbons (Fsp3) is 0. The highest BCUT2D eigenvalue weighted by molar-refractivity contribution is 7.19. The van der Waals surface area contributed by atoms with Crippen LogP contribution in [-0.4, -0.2) is 27.6 Å². The van der Waals surface area contributed by atoms with Gasteiger partial charge >= 0.3 is 0 Å². The summed E-state index contributed by atoms with van der Waals surface area (Å²) in [5.74, 6) is 1.81. The van der Waals surface area contributed by atoms with Gasteiger partial charge in [-0.15, -0.1) is 0 Å². The molecule has 0 aliphatic rings. The maximum atomic E-state index is 6.26. The van der Waals surface area contributed by atoms with E-state index in [1.54, 1.807) is 0 Å². The van der Waals surface area contributed by atoms with E-state index in [1.165, 1.54) is 31.5 Å². The van der Waals surface area contributed by atoms with E-state index in [0.29, 0.717) is 17.5 Å². The molecular weight excluding hydrogens is 857 g/mol. The van der Waals surface area contributed by atoms with Crippen LogP contribution in [0.5, 0.6) is 0 Å². The summed E-state index contributed by atoms with van der Waals surface area (Å²) in [6.45, 7) is 0. The number of hydrogen-bond donors (Lipinski definition) is 0. The first-order chi connectivity index (χ1) is 34.2. The van der Waals surface area contributed by atoms with E-state index in [2.05, 4.69) is 247 Å². The third kappa shape index (κ3) is 6.88. The van der Waals surface area contributed by atoms with Gasteiger partial charge in [-0.1, -0.05) is 200 Å². The zero-order valence-electron chi connectivity index (χ0n) is 37.4. The van der Waals surface area contributed by atoms with Crippen LogP contribution >= 0.6 is 0 Å². The molecule has 5 nitrogen and oxygen atoms in total. The molecule has 6 heteroatoms. The summed E-state index contributed by atoms with van der Waals surface area (Å²) in [6, 6.07) is 90.9. The van der Waals surface area contributed by atoms with Crippen molar-refractivity contribution in [3.63, 3.8) is 0 Å². The molecule has 0 N–H and O–H groups in total. The molecular formula is C63H42N4OSi. The number of aromatic nitrogens is 4. The van der Waals surface area contributed by atoms with Crippen molar-refractivity contribution in [3.8, 4) is 51.0 Å². The van der Waals surface area contributed by atoms with Crippen LogP contribution in [0.25, 0.3) is 94.7 Å². The van der Waals surface area contributed by atoms with Gasteiger partial charge in [0.25, 0.3) is 0 Å². The van der Waals surface area contributed by atoms with Crippen molar-refractivity contribution in [3.05, 3.63) is 255 Å². The predicted molar refractivity (Wildman–Crippen MR) is 287 cm³/mol. The van der Waals surface area contributed by atoms with Crippen LogP contribution < -0.4 is 20.7 Å². The number of hydrogen-bond acceptors (Lipinski definition) is 4. The van der Waals surface area contributed by atoms with Gasteiger partial charge in [0, 0.05) is 43.9 Å². The second-order valence-electron chi connectivity index (χ2n) is 17.5. The van der Waals surface area contributed by atoms with Crippen molar-refractivity contribution in [2.45, 2.75) is 0 Å². The van der Waals surface area contributed by atoms with E-state index in [-0.39, 0.29) is 0 Å². The van der Waals surface area contributed by atoms with Crippen molar-refractivity contribution in [2.24, 2.45) is 0 Å². The van der Waals surface area contributed by atoms with Gasteiger partial charge in [0.2, 0.25) is 0 Å². The summed E-state index contributed by atoms with van der Waals surface area (Å²) in [5.41, 5.74) is 10.0. The third-order valence-electron chi connectivity index (χ3n) is 13.6. The summed E-state index contributed by atoms with van der Waals surface area (Å²) in [5, 5.41) is 9.85. The second kappa shape index (κ2) is 16.7. The molecule has 3 heterocycles. The second-order valence-corrected chi connectivity index (χ2v) is 21.3. The van der Waals surface area contributed by atoms with Crippen LogP contribution in [0.1, 0.15) is 0 Å². The van der Waals surface area contributed by atoms with E-state index >= 15 is 0 Å². The minimum atomic E-state index is -2.84. The Hall–Kier alpha value is -8.97. The molecule has 0 spiro atoms. The van der Waals surface area contributed by atoms with Crippen molar-refractivity contribution in [1.82, 2.24) is 19.5 Å². The molecule has 0 fully saturated rings. The first-order valence-electron chi connectivity index (χ1n) is 23.3. The van der Waals surface area contributed by atoms with Gasteiger partial charge in [-0.2, -0.15) is 0 Å². The molecule has 13 rings (SSSR count). The SMILES string of the molecule is c1ccc([Si](c2ccccc2)(c2ccccc2)c2cccc(-c3nc(-c4ccc(-c5ccc6c(c5)oc5ccccc56)cc4)nc(-c4ccc(-n5c6ccccc6c6ccccc65)cc4)n3)c2)cc1. The van der Waals surface area contributed by atoms with Crippen LogP contribution in [0.3, 0.4) is 0 Å². The van der Waals surface area contributed by atoms with E-state index < -0.39 is 8.07 Å². The first-order valence-corrected chi connectivity index (χ1v) is 25.3. The van der Waals surface area contributed by atoms with Gasteiger partial charge in [0.15, 0.2) is 25.5 Å². The van der Waals surface area contributed by atoms with Crippen LogP contribution in [0.2, 0.25) is 0 Å². The molecule has 0 bridgehead atoms. The zero-order valence-corrected chi connectivity index (χ0v) is 38.4. The standard InChI is InChI=1S/C63H42N4OSi/c1-4-18-49(19-5-1)69(50-20-6-2-7-21-50,51-22-8-3-9-23-51)52-24-16-17-47(41-52)63-65-61(44-33-31-43(32-34-44)46-37-40-56-55-27-12-15-30-59(55)68-60(56)42-46)64-62(66-63)45-35-38-48(39-36-45)67-57-28-13-10-25-53(57)54-26-11-14-29-58(54)67/h1-42H. The Kier molecular flexibility index (Phi) is 9.77. The van der Waals surface area contributed by atoms with Gasteiger partial charge in [0.05, 0.1) is 11.0 Å².